The van der Waals surface area contributed by atoms with E-state index in [9.17, 15) is 22.8 Å². The van der Waals surface area contributed by atoms with Gasteiger partial charge in [0.05, 0.1) is 6.54 Å². The second kappa shape index (κ2) is 10.5. The first-order valence-electron chi connectivity index (χ1n) is 9.25. The first-order chi connectivity index (χ1) is 15.2. The molecule has 3 N–H and O–H groups in total. The summed E-state index contributed by atoms with van der Waals surface area (Å²) < 4.78 is 45.5. The third-order valence-corrected chi connectivity index (χ3v) is 6.07. The molecule has 32 heavy (non-hydrogen) atoms. The molecule has 170 valence electrons. The van der Waals surface area contributed by atoms with Crippen LogP contribution in [0.4, 0.5) is 13.2 Å². The van der Waals surface area contributed by atoms with Gasteiger partial charge in [-0.25, -0.2) is 4.98 Å². The van der Waals surface area contributed by atoms with E-state index in [1.807, 2.05) is 17.5 Å². The smallest absolute Gasteiger partial charge is 0.484 e. The number of aromatic nitrogens is 1. The molecule has 0 bridgehead atoms. The third kappa shape index (κ3) is 7.24. The number of rotatable bonds is 10. The van der Waals surface area contributed by atoms with E-state index in [0.29, 0.717) is 11.4 Å². The number of carbonyl (C=O) groups is 2. The summed E-state index contributed by atoms with van der Waals surface area (Å²) in [5, 5.41) is 5.13. The average molecular weight is 486 g/mol. The standard InChI is InChI=1S/C20H18F3N3O4S2/c21-20(22,23)30-13-5-3-12(4-6-13)29-11-16(27)25-10-17-26-18(19(24)28)15(32-17)8-7-14-2-1-9-31-14/h1-6,9H,7-8,10-11H2,(H2,24,28)(H,25,27). The van der Waals surface area contributed by atoms with Crippen LogP contribution < -0.4 is 20.5 Å². The average Bonchev–Trinajstić information content (AvgIpc) is 3.39. The first kappa shape index (κ1) is 23.5. The van der Waals surface area contributed by atoms with Crippen molar-refractivity contribution < 1.29 is 32.2 Å². The number of hydrogen-bond acceptors (Lipinski definition) is 7. The quantitative estimate of drug-likeness (QED) is 0.456. The van der Waals surface area contributed by atoms with E-state index in [1.54, 1.807) is 11.3 Å². The monoisotopic (exact) mass is 485 g/mol. The predicted molar refractivity (Wildman–Crippen MR) is 113 cm³/mol. The van der Waals surface area contributed by atoms with Gasteiger partial charge in [-0.15, -0.1) is 35.8 Å². The number of thiazole rings is 1. The number of nitrogens with one attached hydrogen (secondary N) is 1. The van der Waals surface area contributed by atoms with E-state index in [2.05, 4.69) is 15.0 Å². The van der Waals surface area contributed by atoms with Crippen LogP contribution in [0.25, 0.3) is 0 Å². The third-order valence-electron chi connectivity index (χ3n) is 4.02. The van der Waals surface area contributed by atoms with Gasteiger partial charge in [0.1, 0.15) is 22.2 Å². The van der Waals surface area contributed by atoms with Crippen molar-refractivity contribution in [1.29, 1.82) is 0 Å². The van der Waals surface area contributed by atoms with Crippen molar-refractivity contribution in [3.63, 3.8) is 0 Å². The van der Waals surface area contributed by atoms with Gasteiger partial charge in [-0.2, -0.15) is 0 Å². The van der Waals surface area contributed by atoms with Gasteiger partial charge in [0, 0.05) is 9.75 Å². The maximum absolute atomic E-state index is 12.2. The van der Waals surface area contributed by atoms with Gasteiger partial charge >= 0.3 is 6.36 Å². The molecule has 0 radical (unpaired) electrons. The molecule has 0 aliphatic carbocycles. The number of aryl methyl sites for hydroxylation is 2. The number of benzene rings is 1. The van der Waals surface area contributed by atoms with Crippen molar-refractivity contribution in [3.8, 4) is 11.5 Å². The lowest BCUT2D eigenvalue weighted by Gasteiger charge is -2.10. The van der Waals surface area contributed by atoms with E-state index in [1.165, 1.54) is 28.3 Å². The number of amides is 2. The predicted octanol–water partition coefficient (Wildman–Crippen LogP) is 3.68. The van der Waals surface area contributed by atoms with Crippen molar-refractivity contribution in [2.24, 2.45) is 5.73 Å². The fourth-order valence-electron chi connectivity index (χ4n) is 2.64. The van der Waals surface area contributed by atoms with Gasteiger partial charge in [-0.3, -0.25) is 9.59 Å². The molecule has 0 spiro atoms. The van der Waals surface area contributed by atoms with Crippen LogP contribution >= 0.6 is 22.7 Å². The summed E-state index contributed by atoms with van der Waals surface area (Å²) in [6, 6.07) is 8.64. The molecule has 0 aliphatic heterocycles. The Labute approximate surface area is 189 Å². The number of alkyl halides is 3. The van der Waals surface area contributed by atoms with Gasteiger partial charge in [0.25, 0.3) is 11.8 Å². The molecular weight excluding hydrogens is 467 g/mol. The lowest BCUT2D eigenvalue weighted by atomic mass is 10.2. The highest BCUT2D eigenvalue weighted by atomic mass is 32.1. The Balaban J connectivity index is 1.48. The van der Waals surface area contributed by atoms with Gasteiger partial charge in [-0.05, 0) is 48.6 Å². The molecule has 0 fully saturated rings. The highest BCUT2D eigenvalue weighted by Crippen LogP contribution is 2.25. The van der Waals surface area contributed by atoms with Gasteiger partial charge in [0.2, 0.25) is 0 Å². The molecule has 0 atom stereocenters. The number of primary amides is 1. The normalized spacial score (nSPS) is 11.2. The molecule has 2 amide bonds. The Bertz CT molecular complexity index is 1050. The second-order valence-electron chi connectivity index (χ2n) is 6.41. The molecule has 1 aromatic carbocycles. The zero-order valence-corrected chi connectivity index (χ0v) is 18.1. The molecule has 3 aromatic rings. The van der Waals surface area contributed by atoms with Crippen molar-refractivity contribution in [1.82, 2.24) is 10.3 Å². The van der Waals surface area contributed by atoms with Crippen LogP contribution in [-0.2, 0) is 24.2 Å². The molecule has 3 rings (SSSR count). The van der Waals surface area contributed by atoms with Crippen LogP contribution in [0.3, 0.4) is 0 Å². The zero-order valence-electron chi connectivity index (χ0n) is 16.5. The van der Waals surface area contributed by atoms with Crippen molar-refractivity contribution in [2.45, 2.75) is 25.7 Å². The van der Waals surface area contributed by atoms with Gasteiger partial charge in [-0.1, -0.05) is 6.07 Å². The number of carbonyl (C=O) groups excluding carboxylic acids is 2. The minimum Gasteiger partial charge on any atom is -0.484 e. The van der Waals surface area contributed by atoms with Crippen LogP contribution in [0.1, 0.15) is 25.3 Å². The maximum atomic E-state index is 12.2. The SMILES string of the molecule is NC(=O)c1nc(CNC(=O)COc2ccc(OC(F)(F)F)cc2)sc1CCc1cccs1. The Kier molecular flexibility index (Phi) is 7.70. The molecule has 2 heterocycles. The summed E-state index contributed by atoms with van der Waals surface area (Å²) >= 11 is 2.93. The Morgan fingerprint density at radius 3 is 2.44 bits per heavy atom. The molecule has 12 heteroatoms. The molecule has 0 unspecified atom stereocenters. The van der Waals surface area contributed by atoms with Crippen LogP contribution in [0, 0.1) is 0 Å². The van der Waals surface area contributed by atoms with Crippen molar-refractivity contribution in [3.05, 3.63) is 62.2 Å². The Morgan fingerprint density at radius 2 is 1.81 bits per heavy atom. The van der Waals surface area contributed by atoms with E-state index in [4.69, 9.17) is 10.5 Å². The summed E-state index contributed by atoms with van der Waals surface area (Å²) in [4.78, 5) is 29.9. The van der Waals surface area contributed by atoms with Crippen LogP contribution in [0.2, 0.25) is 0 Å². The first-order valence-corrected chi connectivity index (χ1v) is 11.0. The van der Waals surface area contributed by atoms with Crippen molar-refractivity contribution in [2.75, 3.05) is 6.61 Å². The Hall–Kier alpha value is -3.12. The van der Waals surface area contributed by atoms with E-state index in [0.717, 1.165) is 23.4 Å². The summed E-state index contributed by atoms with van der Waals surface area (Å²) in [5.74, 6) is -1.27. The largest absolute Gasteiger partial charge is 0.573 e. The second-order valence-corrected chi connectivity index (χ2v) is 8.61. The Morgan fingerprint density at radius 1 is 1.09 bits per heavy atom. The number of ether oxygens (including phenoxy) is 2. The number of hydrogen-bond donors (Lipinski definition) is 2. The number of thiophene rings is 1. The molecule has 0 aliphatic rings. The van der Waals surface area contributed by atoms with E-state index >= 15 is 0 Å². The summed E-state index contributed by atoms with van der Waals surface area (Å²) in [7, 11) is 0. The summed E-state index contributed by atoms with van der Waals surface area (Å²) in [6.45, 7) is -0.261. The lowest BCUT2D eigenvalue weighted by Crippen LogP contribution is -2.28. The lowest BCUT2D eigenvalue weighted by molar-refractivity contribution is -0.274. The summed E-state index contributed by atoms with van der Waals surface area (Å²) in [5.41, 5.74) is 5.62. The minimum absolute atomic E-state index is 0.0878. The molecule has 0 saturated carbocycles. The van der Waals surface area contributed by atoms with Crippen LogP contribution in [0.5, 0.6) is 11.5 Å². The van der Waals surface area contributed by atoms with Crippen LogP contribution in [-0.4, -0.2) is 29.8 Å². The number of halogens is 3. The van der Waals surface area contributed by atoms with Crippen LogP contribution in [0.15, 0.2) is 41.8 Å². The number of nitrogens with two attached hydrogens (primary N) is 1. The minimum atomic E-state index is -4.78. The maximum Gasteiger partial charge on any atom is 0.573 e. The molecule has 0 saturated heterocycles. The highest BCUT2D eigenvalue weighted by Gasteiger charge is 2.31. The fraction of sp³-hybridized carbons (Fsp3) is 0.250. The molecular formula is C20H18F3N3O4S2. The summed E-state index contributed by atoms with van der Waals surface area (Å²) in [6.07, 6.45) is -3.41. The highest BCUT2D eigenvalue weighted by molar-refractivity contribution is 7.12. The van der Waals surface area contributed by atoms with Crippen molar-refractivity contribution >= 4 is 34.5 Å². The number of nitrogens with zero attached hydrogens (tertiary/aromatic N) is 1. The van der Waals surface area contributed by atoms with Gasteiger partial charge < -0.3 is 20.5 Å². The molecule has 7 nitrogen and oxygen atoms in total. The van der Waals surface area contributed by atoms with E-state index in [-0.39, 0.29) is 24.6 Å². The topological polar surface area (TPSA) is 104 Å². The molecule has 2 aromatic heterocycles. The van der Waals surface area contributed by atoms with Gasteiger partial charge in [0.15, 0.2) is 6.61 Å². The van der Waals surface area contributed by atoms with E-state index < -0.39 is 23.9 Å². The zero-order chi connectivity index (χ0) is 23.1. The fourth-order valence-corrected chi connectivity index (χ4v) is 4.36.